The first-order valence-electron chi connectivity index (χ1n) is 9.35. The van der Waals surface area contributed by atoms with Gasteiger partial charge in [-0.15, -0.1) is 0 Å². The van der Waals surface area contributed by atoms with Gasteiger partial charge in [-0.1, -0.05) is 37.6 Å². The summed E-state index contributed by atoms with van der Waals surface area (Å²) in [7, 11) is 0. The molecule has 2 amide bonds. The number of fused-ring (bicyclic) bond motifs is 1. The van der Waals surface area contributed by atoms with E-state index in [1.807, 2.05) is 36.1 Å². The molecule has 0 fully saturated rings. The second-order valence-electron chi connectivity index (χ2n) is 6.67. The standard InChI is InChI=1S/C21H26N2O3/c1-3-5-12-22(4-2)20(24)18-14-16-9-6-7-10-17(16)15-23(18)21(25)19-11-8-13-26-19/h6-11,13,18H,3-5,12,14-15H2,1-2H3. The molecule has 26 heavy (non-hydrogen) atoms. The van der Waals surface area contributed by atoms with Crippen LogP contribution in [0.2, 0.25) is 0 Å². The molecule has 2 aromatic rings. The fraction of sp³-hybridized carbons (Fsp3) is 0.429. The van der Waals surface area contributed by atoms with Crippen LogP contribution in [0.3, 0.4) is 0 Å². The van der Waals surface area contributed by atoms with Crippen LogP contribution in [0.25, 0.3) is 0 Å². The monoisotopic (exact) mass is 354 g/mol. The molecule has 0 N–H and O–H groups in total. The minimum Gasteiger partial charge on any atom is -0.459 e. The molecular weight excluding hydrogens is 328 g/mol. The third-order valence-corrected chi connectivity index (χ3v) is 5.00. The van der Waals surface area contributed by atoms with Crippen molar-refractivity contribution in [3.05, 3.63) is 59.5 Å². The lowest BCUT2D eigenvalue weighted by Crippen LogP contribution is -2.53. The van der Waals surface area contributed by atoms with Crippen molar-refractivity contribution in [2.24, 2.45) is 0 Å². The molecule has 5 heteroatoms. The van der Waals surface area contributed by atoms with Gasteiger partial charge in [0, 0.05) is 26.1 Å². The molecule has 3 rings (SSSR count). The van der Waals surface area contributed by atoms with Crippen LogP contribution in [-0.4, -0.2) is 40.7 Å². The normalized spacial score (nSPS) is 16.2. The molecule has 138 valence electrons. The van der Waals surface area contributed by atoms with Crippen molar-refractivity contribution in [1.82, 2.24) is 9.80 Å². The molecule has 1 aromatic heterocycles. The van der Waals surface area contributed by atoms with Gasteiger partial charge in [-0.3, -0.25) is 9.59 Å². The quantitative estimate of drug-likeness (QED) is 0.798. The van der Waals surface area contributed by atoms with E-state index in [1.54, 1.807) is 17.0 Å². The Kier molecular flexibility index (Phi) is 5.76. The number of furan rings is 1. The lowest BCUT2D eigenvalue weighted by Gasteiger charge is -2.38. The number of nitrogens with zero attached hydrogens (tertiary/aromatic N) is 2. The second kappa shape index (κ2) is 8.21. The van der Waals surface area contributed by atoms with Crippen molar-refractivity contribution in [1.29, 1.82) is 0 Å². The zero-order chi connectivity index (χ0) is 18.5. The van der Waals surface area contributed by atoms with Gasteiger partial charge in [0.25, 0.3) is 5.91 Å². The highest BCUT2D eigenvalue weighted by Gasteiger charge is 2.37. The summed E-state index contributed by atoms with van der Waals surface area (Å²) in [4.78, 5) is 29.7. The molecule has 0 saturated carbocycles. The second-order valence-corrected chi connectivity index (χ2v) is 6.67. The van der Waals surface area contributed by atoms with Crippen molar-refractivity contribution >= 4 is 11.8 Å². The van der Waals surface area contributed by atoms with Gasteiger partial charge in [0.15, 0.2) is 5.76 Å². The van der Waals surface area contributed by atoms with E-state index in [-0.39, 0.29) is 17.6 Å². The highest BCUT2D eigenvalue weighted by molar-refractivity contribution is 5.96. The van der Waals surface area contributed by atoms with E-state index >= 15 is 0 Å². The third-order valence-electron chi connectivity index (χ3n) is 5.00. The van der Waals surface area contributed by atoms with Crippen LogP contribution in [0.4, 0.5) is 0 Å². The fourth-order valence-corrected chi connectivity index (χ4v) is 3.48. The summed E-state index contributed by atoms with van der Waals surface area (Å²) in [5.74, 6) is 0.0727. The molecular formula is C21H26N2O3. The van der Waals surface area contributed by atoms with Gasteiger partial charge in [-0.2, -0.15) is 0 Å². The predicted octanol–water partition coefficient (Wildman–Crippen LogP) is 3.50. The number of unbranched alkanes of at least 4 members (excludes halogenated alkanes) is 1. The van der Waals surface area contributed by atoms with Crippen LogP contribution in [0.15, 0.2) is 47.1 Å². The molecule has 0 spiro atoms. The van der Waals surface area contributed by atoms with Gasteiger partial charge in [0.1, 0.15) is 6.04 Å². The van der Waals surface area contributed by atoms with Crippen LogP contribution < -0.4 is 0 Å². The molecule has 1 aliphatic heterocycles. The van der Waals surface area contributed by atoms with Crippen LogP contribution in [0, 0.1) is 0 Å². The Labute approximate surface area is 154 Å². The fourth-order valence-electron chi connectivity index (χ4n) is 3.48. The highest BCUT2D eigenvalue weighted by atomic mass is 16.3. The Bertz CT molecular complexity index is 754. The molecule has 0 bridgehead atoms. The van der Waals surface area contributed by atoms with E-state index in [1.165, 1.54) is 6.26 Å². The van der Waals surface area contributed by atoms with E-state index in [2.05, 4.69) is 6.92 Å². The van der Waals surface area contributed by atoms with E-state index in [9.17, 15) is 9.59 Å². The zero-order valence-corrected chi connectivity index (χ0v) is 15.5. The summed E-state index contributed by atoms with van der Waals surface area (Å²) in [5.41, 5.74) is 2.23. The first-order chi connectivity index (χ1) is 12.7. The molecule has 5 nitrogen and oxygen atoms in total. The van der Waals surface area contributed by atoms with E-state index in [0.29, 0.717) is 19.5 Å². The lowest BCUT2D eigenvalue weighted by molar-refractivity contribution is -0.136. The molecule has 0 radical (unpaired) electrons. The number of benzene rings is 1. The average molecular weight is 354 g/mol. The predicted molar refractivity (Wildman–Crippen MR) is 99.7 cm³/mol. The summed E-state index contributed by atoms with van der Waals surface area (Å²) >= 11 is 0. The van der Waals surface area contributed by atoms with Gasteiger partial charge < -0.3 is 14.2 Å². The lowest BCUT2D eigenvalue weighted by atomic mass is 9.92. The van der Waals surface area contributed by atoms with Gasteiger partial charge in [0.2, 0.25) is 5.91 Å². The molecule has 2 heterocycles. The van der Waals surface area contributed by atoms with Crippen molar-refractivity contribution in [2.45, 2.75) is 45.7 Å². The van der Waals surface area contributed by atoms with Gasteiger partial charge >= 0.3 is 0 Å². The number of amides is 2. The summed E-state index contributed by atoms with van der Waals surface area (Å²) in [6.07, 6.45) is 4.03. The topological polar surface area (TPSA) is 53.8 Å². The summed E-state index contributed by atoms with van der Waals surface area (Å²) in [6.45, 7) is 5.91. The Hall–Kier alpha value is -2.56. The minimum absolute atomic E-state index is 0.0235. The van der Waals surface area contributed by atoms with Crippen molar-refractivity contribution in [3.8, 4) is 0 Å². The number of hydrogen-bond acceptors (Lipinski definition) is 3. The van der Waals surface area contributed by atoms with Crippen molar-refractivity contribution < 1.29 is 14.0 Å². The summed E-state index contributed by atoms with van der Waals surface area (Å²) in [5, 5.41) is 0. The Morgan fingerprint density at radius 2 is 1.92 bits per heavy atom. The highest BCUT2D eigenvalue weighted by Crippen LogP contribution is 2.26. The first kappa shape index (κ1) is 18.2. The van der Waals surface area contributed by atoms with Gasteiger partial charge in [-0.25, -0.2) is 0 Å². The molecule has 1 aromatic carbocycles. The van der Waals surface area contributed by atoms with Crippen LogP contribution in [0.5, 0.6) is 0 Å². The number of carbonyl (C=O) groups is 2. The minimum atomic E-state index is -0.487. The SMILES string of the molecule is CCCCN(CC)C(=O)C1Cc2ccccc2CN1C(=O)c1ccco1. The summed E-state index contributed by atoms with van der Waals surface area (Å²) < 4.78 is 5.30. The number of hydrogen-bond donors (Lipinski definition) is 0. The number of likely N-dealkylation sites (N-methyl/N-ethyl adjacent to an activating group) is 1. The Morgan fingerprint density at radius 1 is 1.15 bits per heavy atom. The average Bonchev–Trinajstić information content (AvgIpc) is 3.21. The van der Waals surface area contributed by atoms with Crippen LogP contribution >= 0.6 is 0 Å². The third kappa shape index (κ3) is 3.66. The Morgan fingerprint density at radius 3 is 2.58 bits per heavy atom. The van der Waals surface area contributed by atoms with Crippen LogP contribution in [-0.2, 0) is 17.8 Å². The maximum atomic E-state index is 13.2. The molecule has 1 aliphatic rings. The molecule has 1 unspecified atom stereocenters. The molecule has 0 aliphatic carbocycles. The van der Waals surface area contributed by atoms with E-state index in [0.717, 1.165) is 30.5 Å². The van der Waals surface area contributed by atoms with Crippen LogP contribution in [0.1, 0.15) is 48.4 Å². The summed E-state index contributed by atoms with van der Waals surface area (Å²) in [6, 6.07) is 10.9. The molecule has 0 saturated heterocycles. The van der Waals surface area contributed by atoms with Gasteiger partial charge in [-0.05, 0) is 36.6 Å². The smallest absolute Gasteiger partial charge is 0.290 e. The maximum absolute atomic E-state index is 13.2. The van der Waals surface area contributed by atoms with Crippen molar-refractivity contribution in [3.63, 3.8) is 0 Å². The van der Waals surface area contributed by atoms with E-state index in [4.69, 9.17) is 4.42 Å². The maximum Gasteiger partial charge on any atom is 0.290 e. The van der Waals surface area contributed by atoms with E-state index < -0.39 is 6.04 Å². The largest absolute Gasteiger partial charge is 0.459 e. The first-order valence-corrected chi connectivity index (χ1v) is 9.35. The molecule has 1 atom stereocenters. The van der Waals surface area contributed by atoms with Gasteiger partial charge in [0.05, 0.1) is 6.26 Å². The zero-order valence-electron chi connectivity index (χ0n) is 15.5. The number of rotatable bonds is 6. The number of carbonyl (C=O) groups excluding carboxylic acids is 2. The Balaban J connectivity index is 1.90. The van der Waals surface area contributed by atoms with Crippen molar-refractivity contribution in [2.75, 3.05) is 13.1 Å².